The molecule has 0 saturated heterocycles. The first-order valence-electron chi connectivity index (χ1n) is 4.51. The Labute approximate surface area is 79.4 Å². The number of rotatable bonds is 4. The molecule has 0 N–H and O–H groups in total. The van der Waals surface area contributed by atoms with Gasteiger partial charge in [0.25, 0.3) is 0 Å². The Morgan fingerprint density at radius 2 is 1.92 bits per heavy atom. The van der Waals surface area contributed by atoms with Crippen LogP contribution in [0.1, 0.15) is 31.1 Å². The van der Waals surface area contributed by atoms with E-state index in [4.69, 9.17) is 0 Å². The maximum Gasteiger partial charge on any atom is 0.0269 e. The first-order valence-corrected chi connectivity index (χ1v) is 5.56. The molecule has 0 aromatic heterocycles. The van der Waals surface area contributed by atoms with Crippen LogP contribution in [0, 0.1) is 0 Å². The topological polar surface area (TPSA) is 0 Å². The summed E-state index contributed by atoms with van der Waals surface area (Å²) >= 11 is 2.03. The van der Waals surface area contributed by atoms with Gasteiger partial charge >= 0.3 is 0 Å². The molecule has 1 atom stereocenters. The Morgan fingerprint density at radius 1 is 1.25 bits per heavy atom. The predicted octanol–water partition coefficient (Wildman–Crippen LogP) is 3.89. The lowest BCUT2D eigenvalue weighted by Crippen LogP contribution is -1.88. The molecule has 1 aromatic carbocycles. The van der Waals surface area contributed by atoms with E-state index in [0.29, 0.717) is 5.25 Å². The van der Waals surface area contributed by atoms with Crippen molar-refractivity contribution in [3.05, 3.63) is 35.9 Å². The van der Waals surface area contributed by atoms with Crippen molar-refractivity contribution in [1.29, 1.82) is 0 Å². The van der Waals surface area contributed by atoms with Crippen LogP contribution in [-0.2, 0) is 0 Å². The van der Waals surface area contributed by atoms with E-state index in [0.717, 1.165) is 0 Å². The highest BCUT2D eigenvalue weighted by atomic mass is 32.2. The van der Waals surface area contributed by atoms with Gasteiger partial charge in [-0.2, -0.15) is 11.8 Å². The van der Waals surface area contributed by atoms with Gasteiger partial charge in [0, 0.05) is 5.25 Å². The normalized spacial score (nSPS) is 12.8. The highest BCUT2D eigenvalue weighted by Crippen LogP contribution is 2.27. The van der Waals surface area contributed by atoms with E-state index in [1.807, 2.05) is 11.8 Å². The molecule has 12 heavy (non-hydrogen) atoms. The van der Waals surface area contributed by atoms with Gasteiger partial charge < -0.3 is 0 Å². The van der Waals surface area contributed by atoms with Crippen LogP contribution in [0.15, 0.2) is 30.3 Å². The molecule has 0 bridgehead atoms. The SMILES string of the molecule is CCCSC(C)c1ccccc1. The Hall–Kier alpha value is -0.430. The van der Waals surface area contributed by atoms with Gasteiger partial charge in [-0.15, -0.1) is 0 Å². The molecule has 1 rings (SSSR count). The molecule has 1 aromatic rings. The number of thioether (sulfide) groups is 1. The smallest absolute Gasteiger partial charge is 0.0269 e. The molecule has 0 saturated carbocycles. The molecular formula is C11H16S. The summed E-state index contributed by atoms with van der Waals surface area (Å²) < 4.78 is 0. The fourth-order valence-corrected chi connectivity index (χ4v) is 2.05. The average Bonchev–Trinajstić information content (AvgIpc) is 2.15. The molecular weight excluding hydrogens is 164 g/mol. The predicted molar refractivity (Wildman–Crippen MR) is 57.6 cm³/mol. The van der Waals surface area contributed by atoms with Crippen molar-refractivity contribution in [2.75, 3.05) is 5.75 Å². The summed E-state index contributed by atoms with van der Waals surface area (Å²) in [4.78, 5) is 0. The first kappa shape index (κ1) is 9.66. The van der Waals surface area contributed by atoms with Gasteiger partial charge in [-0.25, -0.2) is 0 Å². The molecule has 0 aliphatic carbocycles. The lowest BCUT2D eigenvalue weighted by atomic mass is 10.2. The Bertz CT molecular complexity index is 206. The third-order valence-corrected chi connectivity index (χ3v) is 3.26. The minimum absolute atomic E-state index is 0.645. The molecule has 0 aliphatic heterocycles. The number of hydrogen-bond acceptors (Lipinski definition) is 1. The summed E-state index contributed by atoms with van der Waals surface area (Å²) in [5.74, 6) is 1.26. The largest absolute Gasteiger partial charge is 0.154 e. The Balaban J connectivity index is 2.48. The van der Waals surface area contributed by atoms with E-state index in [2.05, 4.69) is 44.2 Å². The minimum atomic E-state index is 0.645. The van der Waals surface area contributed by atoms with Crippen molar-refractivity contribution in [1.82, 2.24) is 0 Å². The monoisotopic (exact) mass is 180 g/mol. The van der Waals surface area contributed by atoms with Crippen LogP contribution in [0.4, 0.5) is 0 Å². The maximum absolute atomic E-state index is 2.27. The second-order valence-electron chi connectivity index (χ2n) is 2.92. The van der Waals surface area contributed by atoms with Gasteiger partial charge in [0.1, 0.15) is 0 Å². The van der Waals surface area contributed by atoms with E-state index in [9.17, 15) is 0 Å². The van der Waals surface area contributed by atoms with Gasteiger partial charge in [-0.1, -0.05) is 37.3 Å². The van der Waals surface area contributed by atoms with Crippen molar-refractivity contribution >= 4 is 11.8 Å². The van der Waals surface area contributed by atoms with Crippen LogP contribution >= 0.6 is 11.8 Å². The zero-order valence-electron chi connectivity index (χ0n) is 7.79. The average molecular weight is 180 g/mol. The summed E-state index contributed by atoms with van der Waals surface area (Å²) in [7, 11) is 0. The maximum atomic E-state index is 2.27. The number of hydrogen-bond donors (Lipinski definition) is 0. The molecule has 0 amide bonds. The van der Waals surface area contributed by atoms with Crippen LogP contribution in [-0.4, -0.2) is 5.75 Å². The highest BCUT2D eigenvalue weighted by molar-refractivity contribution is 7.99. The summed E-state index contributed by atoms with van der Waals surface area (Å²) in [5.41, 5.74) is 1.44. The summed E-state index contributed by atoms with van der Waals surface area (Å²) in [6.45, 7) is 4.50. The van der Waals surface area contributed by atoms with Crippen LogP contribution in [0.25, 0.3) is 0 Å². The third kappa shape index (κ3) is 2.90. The molecule has 0 fully saturated rings. The van der Waals surface area contributed by atoms with Crippen molar-refractivity contribution in [2.45, 2.75) is 25.5 Å². The zero-order valence-corrected chi connectivity index (χ0v) is 8.60. The molecule has 0 radical (unpaired) electrons. The molecule has 0 aliphatic rings. The van der Waals surface area contributed by atoms with Crippen LogP contribution in [0.5, 0.6) is 0 Å². The summed E-state index contributed by atoms with van der Waals surface area (Å²) in [6.07, 6.45) is 1.27. The molecule has 1 unspecified atom stereocenters. The van der Waals surface area contributed by atoms with E-state index in [-0.39, 0.29) is 0 Å². The third-order valence-electron chi connectivity index (χ3n) is 1.84. The summed E-state index contributed by atoms with van der Waals surface area (Å²) in [6, 6.07) is 10.7. The first-order chi connectivity index (χ1) is 5.84. The Morgan fingerprint density at radius 3 is 2.50 bits per heavy atom. The fourth-order valence-electron chi connectivity index (χ4n) is 1.11. The molecule has 0 nitrogen and oxygen atoms in total. The lowest BCUT2D eigenvalue weighted by molar-refractivity contribution is 1.06. The van der Waals surface area contributed by atoms with Gasteiger partial charge in [-0.3, -0.25) is 0 Å². The van der Waals surface area contributed by atoms with E-state index in [1.54, 1.807) is 0 Å². The van der Waals surface area contributed by atoms with Crippen molar-refractivity contribution in [2.24, 2.45) is 0 Å². The molecule has 66 valence electrons. The van der Waals surface area contributed by atoms with Crippen LogP contribution < -0.4 is 0 Å². The zero-order chi connectivity index (χ0) is 8.81. The quantitative estimate of drug-likeness (QED) is 0.677. The van der Waals surface area contributed by atoms with Crippen molar-refractivity contribution < 1.29 is 0 Å². The van der Waals surface area contributed by atoms with Gasteiger partial charge in [-0.05, 0) is 24.7 Å². The second kappa shape index (κ2) is 5.26. The molecule has 0 heterocycles. The van der Waals surface area contributed by atoms with Gasteiger partial charge in [0.05, 0.1) is 0 Å². The van der Waals surface area contributed by atoms with E-state index >= 15 is 0 Å². The second-order valence-corrected chi connectivity index (χ2v) is 4.37. The lowest BCUT2D eigenvalue weighted by Gasteiger charge is -2.09. The fraction of sp³-hybridized carbons (Fsp3) is 0.455. The standard InChI is InChI=1S/C11H16S/c1-3-9-12-10(2)11-7-5-4-6-8-11/h4-8,10H,3,9H2,1-2H3. The van der Waals surface area contributed by atoms with Crippen LogP contribution in [0.3, 0.4) is 0 Å². The molecule has 0 spiro atoms. The summed E-state index contributed by atoms with van der Waals surface area (Å²) in [5, 5.41) is 0.645. The van der Waals surface area contributed by atoms with Crippen molar-refractivity contribution in [3.8, 4) is 0 Å². The van der Waals surface area contributed by atoms with E-state index in [1.165, 1.54) is 17.7 Å². The van der Waals surface area contributed by atoms with Crippen LogP contribution in [0.2, 0.25) is 0 Å². The highest BCUT2D eigenvalue weighted by Gasteiger charge is 2.02. The van der Waals surface area contributed by atoms with Crippen molar-refractivity contribution in [3.63, 3.8) is 0 Å². The Kier molecular flexibility index (Phi) is 4.23. The molecule has 1 heteroatoms. The number of benzene rings is 1. The van der Waals surface area contributed by atoms with Gasteiger partial charge in [0.15, 0.2) is 0 Å². The minimum Gasteiger partial charge on any atom is -0.154 e. The van der Waals surface area contributed by atoms with Gasteiger partial charge in [0.2, 0.25) is 0 Å². The van der Waals surface area contributed by atoms with E-state index < -0.39 is 0 Å².